The first-order valence-corrected chi connectivity index (χ1v) is 5.64. The molecule has 0 aliphatic carbocycles. The van der Waals surface area contributed by atoms with Gasteiger partial charge in [-0.05, 0) is 12.8 Å². The normalized spacial score (nSPS) is 26.3. The first-order chi connectivity index (χ1) is 6.86. The number of nitrogens with one attached hydrogen (secondary N) is 1. The smallest absolute Gasteiger partial charge is 0.258 e. The molecule has 1 heterocycles. The van der Waals surface area contributed by atoms with Crippen molar-refractivity contribution in [3.63, 3.8) is 0 Å². The Kier molecular flexibility index (Phi) is 3.84. The topological polar surface area (TPSA) is 49.4 Å². The van der Waals surface area contributed by atoms with Gasteiger partial charge in [0.1, 0.15) is 12.2 Å². The Labute approximate surface area is 98.9 Å². The van der Waals surface area contributed by atoms with E-state index in [9.17, 15) is 9.59 Å². The van der Waals surface area contributed by atoms with Crippen LogP contribution in [0.15, 0.2) is 0 Å². The molecule has 2 amide bonds. The lowest BCUT2D eigenvalue weighted by molar-refractivity contribution is -0.134. The molecular weight excluding hydrogens is 239 g/mol. The van der Waals surface area contributed by atoms with Crippen LogP contribution >= 0.6 is 23.2 Å². The van der Waals surface area contributed by atoms with Crippen LogP contribution in [0.2, 0.25) is 0 Å². The third-order valence-electron chi connectivity index (χ3n) is 2.46. The Balaban J connectivity index is 2.91. The van der Waals surface area contributed by atoms with Crippen LogP contribution < -0.4 is 5.32 Å². The van der Waals surface area contributed by atoms with Gasteiger partial charge in [-0.1, -0.05) is 37.0 Å². The number of hydrogen-bond acceptors (Lipinski definition) is 2. The van der Waals surface area contributed by atoms with Gasteiger partial charge < -0.3 is 10.2 Å². The van der Waals surface area contributed by atoms with E-state index in [1.54, 1.807) is 6.92 Å². The van der Waals surface area contributed by atoms with Gasteiger partial charge in [0.25, 0.3) is 5.91 Å². The summed E-state index contributed by atoms with van der Waals surface area (Å²) >= 11 is 11.1. The fourth-order valence-corrected chi connectivity index (χ4v) is 1.86. The lowest BCUT2D eigenvalue weighted by Gasteiger charge is -2.29. The van der Waals surface area contributed by atoms with Crippen LogP contribution in [0.3, 0.4) is 0 Å². The van der Waals surface area contributed by atoms with Crippen molar-refractivity contribution in [2.45, 2.75) is 37.8 Å². The van der Waals surface area contributed by atoms with Crippen molar-refractivity contribution < 1.29 is 9.59 Å². The molecule has 86 valence electrons. The van der Waals surface area contributed by atoms with E-state index in [4.69, 9.17) is 23.2 Å². The molecule has 0 bridgehead atoms. The van der Waals surface area contributed by atoms with E-state index in [0.29, 0.717) is 0 Å². The van der Waals surface area contributed by atoms with Gasteiger partial charge in [0, 0.05) is 0 Å². The van der Waals surface area contributed by atoms with E-state index in [2.05, 4.69) is 5.32 Å². The molecule has 4 nitrogen and oxygen atoms in total. The molecule has 2 atom stereocenters. The zero-order chi connectivity index (χ0) is 11.7. The average molecular weight is 253 g/mol. The second-order valence-electron chi connectivity index (χ2n) is 3.92. The summed E-state index contributed by atoms with van der Waals surface area (Å²) in [6.07, 6.45) is -0.319. The summed E-state index contributed by atoms with van der Waals surface area (Å²) in [5.41, 5.74) is 0. The van der Waals surface area contributed by atoms with E-state index in [0.717, 1.165) is 0 Å². The molecule has 0 aromatic carbocycles. The first kappa shape index (κ1) is 12.6. The predicted octanol–water partition coefficient (Wildman–Crippen LogP) is 1.12. The number of alkyl halides is 2. The molecule has 0 saturated carbocycles. The van der Waals surface area contributed by atoms with Crippen molar-refractivity contribution in [2.75, 3.05) is 0 Å². The quantitative estimate of drug-likeness (QED) is 0.750. The van der Waals surface area contributed by atoms with Gasteiger partial charge in [0.05, 0.1) is 0 Å². The van der Waals surface area contributed by atoms with Gasteiger partial charge in [-0.2, -0.15) is 0 Å². The molecule has 0 aromatic heterocycles. The van der Waals surface area contributed by atoms with Crippen LogP contribution in [0.1, 0.15) is 20.8 Å². The second kappa shape index (κ2) is 4.58. The van der Waals surface area contributed by atoms with E-state index in [1.807, 2.05) is 13.8 Å². The Morgan fingerprint density at radius 2 is 2.00 bits per heavy atom. The summed E-state index contributed by atoms with van der Waals surface area (Å²) in [7, 11) is 0. The van der Waals surface area contributed by atoms with Gasteiger partial charge in [0.15, 0.2) is 4.84 Å². The number of carbonyl (C=O) groups is 2. The highest BCUT2D eigenvalue weighted by Crippen LogP contribution is 2.22. The van der Waals surface area contributed by atoms with Gasteiger partial charge in [-0.3, -0.25) is 9.59 Å². The van der Waals surface area contributed by atoms with Crippen molar-refractivity contribution in [3.05, 3.63) is 0 Å². The number of nitrogens with zero attached hydrogens (tertiary/aromatic N) is 1. The molecule has 15 heavy (non-hydrogen) atoms. The Hall–Kier alpha value is -0.480. The fraction of sp³-hybridized carbons (Fsp3) is 0.778. The highest BCUT2D eigenvalue weighted by atomic mass is 35.5. The summed E-state index contributed by atoms with van der Waals surface area (Å²) in [4.78, 5) is 23.4. The molecule has 6 heteroatoms. The van der Waals surface area contributed by atoms with Crippen molar-refractivity contribution in [2.24, 2.45) is 5.92 Å². The van der Waals surface area contributed by atoms with Gasteiger partial charge in [0.2, 0.25) is 5.91 Å². The number of rotatable bonds is 2. The van der Waals surface area contributed by atoms with E-state index < -0.39 is 16.8 Å². The monoisotopic (exact) mass is 252 g/mol. The van der Waals surface area contributed by atoms with E-state index >= 15 is 0 Å². The molecule has 1 saturated heterocycles. The van der Waals surface area contributed by atoms with Crippen LogP contribution in [-0.4, -0.2) is 33.8 Å². The standard InChI is InChI=1S/C9H14Cl2N2O2/c1-4(2)7-12-8(14)5(3)13(7)9(15)6(10)11/h4-7H,1-3H3,(H,12,14). The number of carbonyl (C=O) groups excluding carboxylic acids is 2. The zero-order valence-electron chi connectivity index (χ0n) is 8.83. The summed E-state index contributed by atoms with van der Waals surface area (Å²) < 4.78 is 0. The molecule has 1 fully saturated rings. The Morgan fingerprint density at radius 1 is 1.47 bits per heavy atom. The summed E-state index contributed by atoms with van der Waals surface area (Å²) in [5.74, 6) is -0.478. The number of amides is 2. The molecule has 1 aliphatic rings. The maximum Gasteiger partial charge on any atom is 0.258 e. The van der Waals surface area contributed by atoms with Gasteiger partial charge in [-0.15, -0.1) is 0 Å². The lowest BCUT2D eigenvalue weighted by Crippen LogP contribution is -2.47. The third-order valence-corrected chi connectivity index (χ3v) is 2.83. The summed E-state index contributed by atoms with van der Waals surface area (Å²) in [6, 6.07) is -0.509. The fourth-order valence-electron chi connectivity index (χ4n) is 1.63. The Morgan fingerprint density at radius 3 is 2.40 bits per heavy atom. The van der Waals surface area contributed by atoms with Crippen molar-refractivity contribution in [3.8, 4) is 0 Å². The van der Waals surface area contributed by atoms with Crippen LogP contribution in [0, 0.1) is 5.92 Å². The van der Waals surface area contributed by atoms with Crippen LogP contribution in [0.25, 0.3) is 0 Å². The molecule has 1 aliphatic heterocycles. The Bertz CT molecular complexity index is 281. The van der Waals surface area contributed by atoms with Gasteiger partial charge >= 0.3 is 0 Å². The minimum atomic E-state index is -1.12. The molecular formula is C9H14Cl2N2O2. The second-order valence-corrected chi connectivity index (χ2v) is 5.02. The SMILES string of the molecule is CC(C)C1NC(=O)C(C)N1C(=O)C(Cl)Cl. The van der Waals surface area contributed by atoms with Crippen molar-refractivity contribution in [1.82, 2.24) is 10.2 Å². The molecule has 0 spiro atoms. The molecule has 1 N–H and O–H groups in total. The predicted molar refractivity (Wildman–Crippen MR) is 58.6 cm³/mol. The van der Waals surface area contributed by atoms with Crippen LogP contribution in [0.4, 0.5) is 0 Å². The molecule has 0 aromatic rings. The molecule has 0 radical (unpaired) electrons. The maximum absolute atomic E-state index is 11.7. The van der Waals surface area contributed by atoms with Gasteiger partial charge in [-0.25, -0.2) is 0 Å². The highest BCUT2D eigenvalue weighted by molar-refractivity contribution is 6.53. The highest BCUT2D eigenvalue weighted by Gasteiger charge is 2.42. The van der Waals surface area contributed by atoms with Crippen LogP contribution in [0.5, 0.6) is 0 Å². The maximum atomic E-state index is 11.7. The largest absolute Gasteiger partial charge is 0.334 e. The van der Waals surface area contributed by atoms with Crippen molar-refractivity contribution >= 4 is 35.0 Å². The van der Waals surface area contributed by atoms with E-state index in [-0.39, 0.29) is 18.0 Å². The van der Waals surface area contributed by atoms with Crippen molar-refractivity contribution in [1.29, 1.82) is 0 Å². The zero-order valence-corrected chi connectivity index (χ0v) is 10.3. The average Bonchev–Trinajstić information content (AvgIpc) is 2.42. The third kappa shape index (κ3) is 2.37. The minimum absolute atomic E-state index is 0.120. The minimum Gasteiger partial charge on any atom is -0.334 e. The molecule has 2 unspecified atom stereocenters. The number of halogens is 2. The summed E-state index contributed by atoms with van der Waals surface area (Å²) in [6.45, 7) is 5.49. The van der Waals surface area contributed by atoms with E-state index in [1.165, 1.54) is 4.90 Å². The van der Waals surface area contributed by atoms with Crippen LogP contribution in [-0.2, 0) is 9.59 Å². The lowest BCUT2D eigenvalue weighted by atomic mass is 10.1. The first-order valence-electron chi connectivity index (χ1n) is 4.77. The number of hydrogen-bond donors (Lipinski definition) is 1. The molecule has 1 rings (SSSR count). The summed E-state index contributed by atoms with van der Waals surface area (Å²) in [5, 5.41) is 2.74.